The van der Waals surface area contributed by atoms with Crippen LogP contribution < -0.4 is 5.73 Å². The van der Waals surface area contributed by atoms with E-state index in [2.05, 4.69) is 20.1 Å². The van der Waals surface area contributed by atoms with E-state index in [0.29, 0.717) is 17.5 Å². The summed E-state index contributed by atoms with van der Waals surface area (Å²) in [5.74, 6) is 1.10. The van der Waals surface area contributed by atoms with Gasteiger partial charge in [-0.05, 0) is 18.1 Å². The predicted molar refractivity (Wildman–Crippen MR) is 72.5 cm³/mol. The molecule has 6 nitrogen and oxygen atoms in total. The van der Waals surface area contributed by atoms with Gasteiger partial charge in [-0.2, -0.15) is 4.98 Å². The number of nitrogens with two attached hydrogens (primary N) is 1. The molecule has 3 rings (SSSR count). The van der Waals surface area contributed by atoms with Crippen molar-refractivity contribution in [2.24, 2.45) is 5.73 Å². The Morgan fingerprint density at radius 1 is 1.05 bits per heavy atom. The molecular weight excluding hydrogens is 254 g/mol. The summed E-state index contributed by atoms with van der Waals surface area (Å²) in [5, 5.41) is 3.87. The highest BCUT2D eigenvalue weighted by atomic mass is 16.5. The molecule has 0 saturated carbocycles. The summed E-state index contributed by atoms with van der Waals surface area (Å²) >= 11 is 0. The number of aryl methyl sites for hydroxylation is 1. The largest absolute Gasteiger partial charge is 0.337 e. The molecule has 1 atom stereocenters. The van der Waals surface area contributed by atoms with Gasteiger partial charge in [-0.25, -0.2) is 9.97 Å². The molecular formula is C14H13N5O. The van der Waals surface area contributed by atoms with Gasteiger partial charge in [-0.3, -0.25) is 0 Å². The first-order valence-corrected chi connectivity index (χ1v) is 6.17. The van der Waals surface area contributed by atoms with Gasteiger partial charge in [-0.1, -0.05) is 35.5 Å². The molecule has 3 aromatic rings. The van der Waals surface area contributed by atoms with Crippen LogP contribution in [0.4, 0.5) is 0 Å². The molecule has 0 aliphatic rings. The zero-order valence-corrected chi connectivity index (χ0v) is 10.9. The highest BCUT2D eigenvalue weighted by molar-refractivity contribution is 5.41. The zero-order chi connectivity index (χ0) is 13.9. The second-order valence-electron chi connectivity index (χ2n) is 4.43. The van der Waals surface area contributed by atoms with Crippen LogP contribution in [-0.2, 0) is 0 Å². The highest BCUT2D eigenvalue weighted by Crippen LogP contribution is 2.19. The van der Waals surface area contributed by atoms with Crippen molar-refractivity contribution in [3.63, 3.8) is 0 Å². The molecule has 0 amide bonds. The van der Waals surface area contributed by atoms with E-state index in [1.807, 2.05) is 37.3 Å². The Balaban J connectivity index is 1.89. The van der Waals surface area contributed by atoms with Gasteiger partial charge in [0.1, 0.15) is 6.04 Å². The van der Waals surface area contributed by atoms with Crippen molar-refractivity contribution in [3.05, 3.63) is 59.7 Å². The van der Waals surface area contributed by atoms with E-state index in [-0.39, 0.29) is 0 Å². The molecule has 0 aliphatic carbocycles. The molecule has 2 aromatic heterocycles. The summed E-state index contributed by atoms with van der Waals surface area (Å²) in [7, 11) is 0. The smallest absolute Gasteiger partial charge is 0.248 e. The van der Waals surface area contributed by atoms with E-state index in [1.165, 1.54) is 0 Å². The lowest BCUT2D eigenvalue weighted by molar-refractivity contribution is 0.367. The third kappa shape index (κ3) is 2.41. The molecule has 0 bridgehead atoms. The molecule has 20 heavy (non-hydrogen) atoms. The minimum atomic E-state index is -0.456. The Bertz CT molecular complexity index is 693. The second-order valence-corrected chi connectivity index (χ2v) is 4.43. The maximum absolute atomic E-state index is 6.09. The Hall–Kier alpha value is -2.60. The lowest BCUT2D eigenvalue weighted by atomic mass is 10.1. The summed E-state index contributed by atoms with van der Waals surface area (Å²) < 4.78 is 5.20. The van der Waals surface area contributed by atoms with E-state index >= 15 is 0 Å². The van der Waals surface area contributed by atoms with E-state index in [4.69, 9.17) is 10.3 Å². The quantitative estimate of drug-likeness (QED) is 0.779. The first kappa shape index (κ1) is 12.4. The van der Waals surface area contributed by atoms with Crippen LogP contribution in [0.2, 0.25) is 0 Å². The Labute approximate surface area is 115 Å². The maximum atomic E-state index is 6.09. The number of rotatable bonds is 3. The molecule has 0 radical (unpaired) electrons. The monoisotopic (exact) mass is 267 g/mol. The third-order valence-electron chi connectivity index (χ3n) is 2.85. The molecule has 1 unspecified atom stereocenters. The van der Waals surface area contributed by atoms with Crippen molar-refractivity contribution in [2.45, 2.75) is 13.0 Å². The number of hydrogen-bond donors (Lipinski definition) is 1. The highest BCUT2D eigenvalue weighted by Gasteiger charge is 2.18. The molecule has 0 saturated heterocycles. The topological polar surface area (TPSA) is 90.7 Å². The third-order valence-corrected chi connectivity index (χ3v) is 2.85. The predicted octanol–water partition coefficient (Wildman–Crippen LogP) is 1.88. The van der Waals surface area contributed by atoms with Gasteiger partial charge in [0.15, 0.2) is 0 Å². The van der Waals surface area contributed by atoms with Gasteiger partial charge >= 0.3 is 0 Å². The lowest BCUT2D eigenvalue weighted by Crippen LogP contribution is -2.12. The summed E-state index contributed by atoms with van der Waals surface area (Å²) in [6.07, 6.45) is 3.41. The fourth-order valence-electron chi connectivity index (χ4n) is 1.76. The van der Waals surface area contributed by atoms with Crippen LogP contribution in [0.25, 0.3) is 11.6 Å². The van der Waals surface area contributed by atoms with Gasteiger partial charge in [0, 0.05) is 12.4 Å². The van der Waals surface area contributed by atoms with Gasteiger partial charge in [0.05, 0.1) is 0 Å². The van der Waals surface area contributed by atoms with Gasteiger partial charge < -0.3 is 10.3 Å². The molecule has 0 aliphatic heterocycles. The average molecular weight is 267 g/mol. The number of nitrogens with zero attached hydrogens (tertiary/aromatic N) is 4. The first-order valence-electron chi connectivity index (χ1n) is 6.17. The molecule has 100 valence electrons. The van der Waals surface area contributed by atoms with Crippen molar-refractivity contribution in [3.8, 4) is 11.6 Å². The fourth-order valence-corrected chi connectivity index (χ4v) is 1.76. The first-order chi connectivity index (χ1) is 9.74. The van der Waals surface area contributed by atoms with E-state index in [1.54, 1.807) is 12.4 Å². The SMILES string of the molecule is Cc1cnc(-c2noc(C(N)c3ccccc3)n2)nc1. The van der Waals surface area contributed by atoms with Crippen LogP contribution in [0.15, 0.2) is 47.2 Å². The molecule has 0 fully saturated rings. The molecule has 2 heterocycles. The van der Waals surface area contributed by atoms with Crippen molar-refractivity contribution in [1.29, 1.82) is 0 Å². The number of aromatic nitrogens is 4. The Kier molecular flexibility index (Phi) is 3.22. The summed E-state index contributed by atoms with van der Waals surface area (Å²) in [5.41, 5.74) is 7.98. The van der Waals surface area contributed by atoms with Gasteiger partial charge in [0.25, 0.3) is 0 Å². The van der Waals surface area contributed by atoms with Crippen LogP contribution in [0, 0.1) is 6.92 Å². The van der Waals surface area contributed by atoms with Crippen LogP contribution in [0.3, 0.4) is 0 Å². The average Bonchev–Trinajstić information content (AvgIpc) is 2.98. The van der Waals surface area contributed by atoms with Crippen molar-refractivity contribution < 1.29 is 4.52 Å². The summed E-state index contributed by atoms with van der Waals surface area (Å²) in [6, 6.07) is 9.12. The van der Waals surface area contributed by atoms with Crippen LogP contribution >= 0.6 is 0 Å². The minimum Gasteiger partial charge on any atom is -0.337 e. The van der Waals surface area contributed by atoms with Crippen LogP contribution in [-0.4, -0.2) is 20.1 Å². The standard InChI is InChI=1S/C14H13N5O/c1-9-7-16-12(17-8-9)13-18-14(20-19-13)11(15)10-5-3-2-4-6-10/h2-8,11H,15H2,1H3. The minimum absolute atomic E-state index is 0.339. The molecule has 1 aromatic carbocycles. The Morgan fingerprint density at radius 3 is 2.45 bits per heavy atom. The van der Waals surface area contributed by atoms with Crippen LogP contribution in [0.5, 0.6) is 0 Å². The van der Waals surface area contributed by atoms with Crippen molar-refractivity contribution in [1.82, 2.24) is 20.1 Å². The summed E-state index contributed by atoms with van der Waals surface area (Å²) in [4.78, 5) is 12.6. The molecule has 6 heteroatoms. The molecule has 2 N–H and O–H groups in total. The van der Waals surface area contributed by atoms with Crippen molar-refractivity contribution in [2.75, 3.05) is 0 Å². The Morgan fingerprint density at radius 2 is 1.75 bits per heavy atom. The van der Waals surface area contributed by atoms with Gasteiger partial charge in [-0.15, -0.1) is 0 Å². The van der Waals surface area contributed by atoms with Gasteiger partial charge in [0.2, 0.25) is 17.5 Å². The van der Waals surface area contributed by atoms with E-state index < -0.39 is 6.04 Å². The second kappa shape index (κ2) is 5.18. The number of benzene rings is 1. The molecule has 0 spiro atoms. The fraction of sp³-hybridized carbons (Fsp3) is 0.143. The lowest BCUT2D eigenvalue weighted by Gasteiger charge is -2.05. The normalized spacial score (nSPS) is 12.3. The van der Waals surface area contributed by atoms with E-state index in [9.17, 15) is 0 Å². The summed E-state index contributed by atoms with van der Waals surface area (Å²) in [6.45, 7) is 1.91. The zero-order valence-electron chi connectivity index (χ0n) is 10.9. The van der Waals surface area contributed by atoms with Crippen LogP contribution in [0.1, 0.15) is 23.1 Å². The van der Waals surface area contributed by atoms with E-state index in [0.717, 1.165) is 11.1 Å². The number of hydrogen-bond acceptors (Lipinski definition) is 6. The van der Waals surface area contributed by atoms with Crippen molar-refractivity contribution >= 4 is 0 Å². The maximum Gasteiger partial charge on any atom is 0.248 e.